The Morgan fingerprint density at radius 3 is 2.75 bits per heavy atom. The zero-order valence-electron chi connectivity index (χ0n) is 10.6. The van der Waals surface area contributed by atoms with Crippen LogP contribution >= 0.6 is 0 Å². The molecule has 4 nitrogen and oxygen atoms in total. The van der Waals surface area contributed by atoms with E-state index in [1.54, 1.807) is 0 Å². The molecule has 0 spiro atoms. The average Bonchev–Trinajstić information content (AvgIpc) is 2.72. The number of hydrogen-bond acceptors (Lipinski definition) is 4. The summed E-state index contributed by atoms with van der Waals surface area (Å²) in [6.07, 6.45) is 1.93. The molecule has 2 rings (SSSR count). The van der Waals surface area contributed by atoms with Crippen LogP contribution in [0.1, 0.15) is 45.8 Å². The van der Waals surface area contributed by atoms with Crippen molar-refractivity contribution in [2.24, 2.45) is 5.41 Å². The van der Waals surface area contributed by atoms with Crippen LogP contribution in [-0.4, -0.2) is 23.2 Å². The van der Waals surface area contributed by atoms with Crippen LogP contribution < -0.4 is 5.32 Å². The van der Waals surface area contributed by atoms with E-state index in [0.717, 1.165) is 37.6 Å². The quantitative estimate of drug-likeness (QED) is 0.832. The summed E-state index contributed by atoms with van der Waals surface area (Å²) in [5, 5.41) is 7.42. The maximum atomic E-state index is 5.40. The van der Waals surface area contributed by atoms with E-state index < -0.39 is 0 Å². The van der Waals surface area contributed by atoms with Crippen molar-refractivity contribution in [1.82, 2.24) is 15.5 Å². The van der Waals surface area contributed by atoms with E-state index in [-0.39, 0.29) is 10.8 Å². The summed E-state index contributed by atoms with van der Waals surface area (Å²) < 4.78 is 5.40. The molecule has 1 aromatic rings. The van der Waals surface area contributed by atoms with Gasteiger partial charge in [-0.15, -0.1) is 0 Å². The van der Waals surface area contributed by atoms with Gasteiger partial charge in [0.2, 0.25) is 5.89 Å². The number of nitrogens with zero attached hydrogens (tertiary/aromatic N) is 2. The third-order valence-corrected chi connectivity index (χ3v) is 3.04. The first-order valence-electron chi connectivity index (χ1n) is 5.93. The zero-order valence-corrected chi connectivity index (χ0v) is 10.6. The predicted octanol–water partition coefficient (Wildman–Crippen LogP) is 1.91. The van der Waals surface area contributed by atoms with Crippen molar-refractivity contribution in [3.8, 4) is 0 Å². The van der Waals surface area contributed by atoms with Gasteiger partial charge in [0.15, 0.2) is 5.82 Å². The Morgan fingerprint density at radius 1 is 1.44 bits per heavy atom. The van der Waals surface area contributed by atoms with E-state index in [1.165, 1.54) is 0 Å². The van der Waals surface area contributed by atoms with Crippen molar-refractivity contribution in [3.63, 3.8) is 0 Å². The van der Waals surface area contributed by atoms with Gasteiger partial charge in [0.25, 0.3) is 0 Å². The molecular weight excluding hydrogens is 202 g/mol. The van der Waals surface area contributed by atoms with Gasteiger partial charge >= 0.3 is 0 Å². The summed E-state index contributed by atoms with van der Waals surface area (Å²) in [5.74, 6) is 1.62. The van der Waals surface area contributed by atoms with Crippen LogP contribution in [-0.2, 0) is 11.8 Å². The lowest BCUT2D eigenvalue weighted by atomic mass is 9.89. The minimum atomic E-state index is 0.0309. The maximum absolute atomic E-state index is 5.40. The summed E-state index contributed by atoms with van der Waals surface area (Å²) in [5.41, 5.74) is 0.235. The highest BCUT2D eigenvalue weighted by Crippen LogP contribution is 2.29. The molecule has 0 amide bonds. The first-order valence-corrected chi connectivity index (χ1v) is 5.93. The Labute approximate surface area is 96.8 Å². The predicted molar refractivity (Wildman–Crippen MR) is 62.3 cm³/mol. The first kappa shape index (κ1) is 11.6. The van der Waals surface area contributed by atoms with Crippen molar-refractivity contribution in [2.45, 2.75) is 46.0 Å². The smallest absolute Gasteiger partial charge is 0.233 e. The molecule has 0 aliphatic carbocycles. The molecule has 4 heteroatoms. The maximum Gasteiger partial charge on any atom is 0.233 e. The summed E-state index contributed by atoms with van der Waals surface area (Å²) in [4.78, 5) is 4.53. The van der Waals surface area contributed by atoms with Gasteiger partial charge < -0.3 is 9.84 Å². The highest BCUT2D eigenvalue weighted by Gasteiger charge is 2.36. The lowest BCUT2D eigenvalue weighted by Crippen LogP contribution is -2.25. The van der Waals surface area contributed by atoms with Crippen LogP contribution in [0.3, 0.4) is 0 Å². The minimum absolute atomic E-state index is 0.0309. The fourth-order valence-corrected chi connectivity index (χ4v) is 2.04. The van der Waals surface area contributed by atoms with Crippen LogP contribution in [0.5, 0.6) is 0 Å². The topological polar surface area (TPSA) is 51.0 Å². The second-order valence-electron chi connectivity index (χ2n) is 6.24. The Balaban J connectivity index is 2.13. The Kier molecular flexibility index (Phi) is 2.78. The molecule has 0 aromatic carbocycles. The number of aromatic nitrogens is 2. The van der Waals surface area contributed by atoms with Crippen LogP contribution in [0.2, 0.25) is 0 Å². The fraction of sp³-hybridized carbons (Fsp3) is 0.833. The largest absolute Gasteiger partial charge is 0.339 e. The second-order valence-corrected chi connectivity index (χ2v) is 6.24. The SMILES string of the molecule is CC(C)(C)Cc1noc(C2(C)CCNC2)n1. The zero-order chi connectivity index (χ0) is 11.8. The number of nitrogens with one attached hydrogen (secondary N) is 1. The molecule has 0 bridgehead atoms. The summed E-state index contributed by atoms with van der Waals surface area (Å²) >= 11 is 0. The molecule has 0 radical (unpaired) electrons. The average molecular weight is 223 g/mol. The molecule has 1 N–H and O–H groups in total. The van der Waals surface area contributed by atoms with Crippen molar-refractivity contribution in [1.29, 1.82) is 0 Å². The molecule has 1 saturated heterocycles. The Bertz CT molecular complexity index is 359. The molecule has 2 heterocycles. The summed E-state index contributed by atoms with van der Waals surface area (Å²) in [7, 11) is 0. The molecule has 90 valence electrons. The second kappa shape index (κ2) is 3.84. The molecule has 16 heavy (non-hydrogen) atoms. The third kappa shape index (κ3) is 2.43. The molecular formula is C12H21N3O. The fourth-order valence-electron chi connectivity index (χ4n) is 2.04. The van der Waals surface area contributed by atoms with E-state index in [4.69, 9.17) is 4.52 Å². The van der Waals surface area contributed by atoms with Gasteiger partial charge in [-0.2, -0.15) is 4.98 Å². The van der Waals surface area contributed by atoms with E-state index >= 15 is 0 Å². The van der Waals surface area contributed by atoms with Crippen molar-refractivity contribution in [2.75, 3.05) is 13.1 Å². The Morgan fingerprint density at radius 2 is 2.19 bits per heavy atom. The number of rotatable bonds is 2. The van der Waals surface area contributed by atoms with Crippen LogP contribution in [0.4, 0.5) is 0 Å². The lowest BCUT2D eigenvalue weighted by Gasteiger charge is -2.16. The third-order valence-electron chi connectivity index (χ3n) is 3.04. The van der Waals surface area contributed by atoms with E-state index in [0.29, 0.717) is 0 Å². The molecule has 1 aliphatic heterocycles. The van der Waals surface area contributed by atoms with Gasteiger partial charge in [-0.05, 0) is 25.3 Å². The summed E-state index contributed by atoms with van der Waals surface area (Å²) in [6.45, 7) is 10.7. The van der Waals surface area contributed by atoms with Crippen LogP contribution in [0.15, 0.2) is 4.52 Å². The van der Waals surface area contributed by atoms with Crippen molar-refractivity contribution in [3.05, 3.63) is 11.7 Å². The first-order chi connectivity index (χ1) is 7.39. The van der Waals surface area contributed by atoms with E-state index in [1.807, 2.05) is 0 Å². The standard InChI is InChI=1S/C12H21N3O/c1-11(2,3)7-9-14-10(16-15-9)12(4)5-6-13-8-12/h13H,5-8H2,1-4H3. The van der Waals surface area contributed by atoms with Crippen LogP contribution in [0, 0.1) is 5.41 Å². The lowest BCUT2D eigenvalue weighted by molar-refractivity contribution is 0.301. The Hall–Kier alpha value is -0.900. The van der Waals surface area contributed by atoms with Gasteiger partial charge in [-0.25, -0.2) is 0 Å². The molecule has 1 aliphatic rings. The monoisotopic (exact) mass is 223 g/mol. The highest BCUT2D eigenvalue weighted by molar-refractivity contribution is 5.08. The highest BCUT2D eigenvalue weighted by atomic mass is 16.5. The molecule has 1 unspecified atom stereocenters. The summed E-state index contributed by atoms with van der Waals surface area (Å²) in [6, 6.07) is 0. The van der Waals surface area contributed by atoms with Crippen molar-refractivity contribution >= 4 is 0 Å². The van der Waals surface area contributed by atoms with Gasteiger partial charge in [-0.3, -0.25) is 0 Å². The molecule has 1 aromatic heterocycles. The van der Waals surface area contributed by atoms with Gasteiger partial charge in [0.05, 0.1) is 5.41 Å². The van der Waals surface area contributed by atoms with Gasteiger partial charge in [-0.1, -0.05) is 25.9 Å². The van der Waals surface area contributed by atoms with Crippen LogP contribution in [0.25, 0.3) is 0 Å². The molecule has 0 saturated carbocycles. The molecule has 1 atom stereocenters. The van der Waals surface area contributed by atoms with E-state index in [9.17, 15) is 0 Å². The number of hydrogen-bond donors (Lipinski definition) is 1. The van der Waals surface area contributed by atoms with E-state index in [2.05, 4.69) is 43.2 Å². The van der Waals surface area contributed by atoms with Crippen molar-refractivity contribution < 1.29 is 4.52 Å². The van der Waals surface area contributed by atoms with Gasteiger partial charge in [0.1, 0.15) is 0 Å². The molecule has 1 fully saturated rings. The minimum Gasteiger partial charge on any atom is -0.339 e. The van der Waals surface area contributed by atoms with Gasteiger partial charge in [0, 0.05) is 13.0 Å². The normalized spacial score (nSPS) is 26.2.